The van der Waals surface area contributed by atoms with Gasteiger partial charge in [0.05, 0.1) is 0 Å². The van der Waals surface area contributed by atoms with E-state index in [-0.39, 0.29) is 122 Å². The summed E-state index contributed by atoms with van der Waals surface area (Å²) in [5, 5.41) is 8.48. The third-order valence-electron chi connectivity index (χ3n) is 3.23. The number of nitrogens with two attached hydrogens (primary N) is 1. The van der Waals surface area contributed by atoms with E-state index in [1.54, 1.807) is 0 Å². The van der Waals surface area contributed by atoms with E-state index in [2.05, 4.69) is 11.3 Å². The van der Waals surface area contributed by atoms with Crippen LogP contribution in [0, 0.1) is 0 Å². The molecule has 0 amide bonds. The van der Waals surface area contributed by atoms with Crippen LogP contribution in [0.4, 0.5) is 0 Å². The van der Waals surface area contributed by atoms with Crippen LogP contribution in [0.2, 0.25) is 0 Å². The monoisotopic (exact) mass is 393 g/mol. The zero-order chi connectivity index (χ0) is 16.8. The summed E-state index contributed by atoms with van der Waals surface area (Å²) in [6.07, 6.45) is 8.96. The van der Waals surface area contributed by atoms with Crippen LogP contribution in [0.1, 0.15) is 64.2 Å². The van der Waals surface area contributed by atoms with E-state index in [9.17, 15) is 14.4 Å². The molecular weight excluding hydrogens is 364 g/mol. The average molecular weight is 394 g/mol. The number of carboxylic acids is 1. The van der Waals surface area contributed by atoms with Gasteiger partial charge in [-0.05, 0) is 25.7 Å². The predicted octanol–water partition coefficient (Wildman–Crippen LogP) is 1.26. The van der Waals surface area contributed by atoms with Crippen LogP contribution in [0.25, 0.3) is 0 Å². The molecule has 0 aromatic heterocycles. The molecule has 24 heavy (non-hydrogen) atoms. The molecule has 6 nitrogen and oxygen atoms in total. The Morgan fingerprint density at radius 1 is 1.00 bits per heavy atom. The van der Waals surface area contributed by atoms with Gasteiger partial charge in [0, 0.05) is 12.8 Å². The van der Waals surface area contributed by atoms with Crippen molar-refractivity contribution in [2.45, 2.75) is 70.3 Å². The first-order valence-corrected chi connectivity index (χ1v) is 7.80. The number of hydrogen-bond acceptors (Lipinski definition) is 5. The van der Waals surface area contributed by atoms with Gasteiger partial charge in [-0.15, -0.1) is 6.58 Å². The van der Waals surface area contributed by atoms with Crippen LogP contribution < -0.4 is 5.73 Å². The van der Waals surface area contributed by atoms with Crippen molar-refractivity contribution in [2.24, 2.45) is 5.73 Å². The van der Waals surface area contributed by atoms with E-state index in [0.29, 0.717) is 6.42 Å². The molecule has 0 bridgehead atoms. The normalized spacial score (nSPS) is 10.7. The number of rotatable bonds is 13. The molecule has 0 radical (unpaired) electrons. The average Bonchev–Trinajstić information content (AvgIpc) is 2.47. The van der Waals surface area contributed by atoms with Crippen LogP contribution in [0.5, 0.6) is 0 Å². The summed E-state index contributed by atoms with van der Waals surface area (Å²) in [6.45, 7) is 3.67. The molecule has 0 heterocycles. The van der Waals surface area contributed by atoms with Gasteiger partial charge < -0.3 is 15.6 Å². The third kappa shape index (κ3) is 19.9. The van der Waals surface area contributed by atoms with Crippen LogP contribution >= 0.6 is 0 Å². The molecule has 0 aliphatic rings. The summed E-state index contributed by atoms with van der Waals surface area (Å²) < 4.78 is 4.60. The number of ether oxygens (including phenoxy) is 1. The van der Waals surface area contributed by atoms with Crippen molar-refractivity contribution < 1.29 is 24.2 Å². The van der Waals surface area contributed by atoms with Gasteiger partial charge >= 0.3 is 121 Å². The van der Waals surface area contributed by atoms with Gasteiger partial charge in [-0.25, -0.2) is 4.79 Å². The van der Waals surface area contributed by atoms with Gasteiger partial charge in [0.2, 0.25) is 0 Å². The molecule has 0 saturated heterocycles. The first-order valence-electron chi connectivity index (χ1n) is 7.80. The van der Waals surface area contributed by atoms with E-state index >= 15 is 0 Å². The number of carbonyl (C=O) groups excluding carboxylic acids is 2. The molecule has 0 aliphatic carbocycles. The van der Waals surface area contributed by atoms with Gasteiger partial charge in [-0.3, -0.25) is 9.59 Å². The van der Waals surface area contributed by atoms with Gasteiger partial charge in [-0.2, -0.15) is 0 Å². The van der Waals surface area contributed by atoms with Gasteiger partial charge in [-0.1, -0.05) is 31.8 Å². The Bertz CT molecular complexity index is 377. The van der Waals surface area contributed by atoms with Crippen molar-refractivity contribution >= 4 is 121 Å². The fourth-order valence-corrected chi connectivity index (χ4v) is 1.90. The Labute approximate surface area is 229 Å². The standard InChI is InChI=1S/C16H27NO5.2K.2H/c1-2-3-4-5-6-7-8-9-10-15(20)22-16(21)13(17)11-12-14(18)19;;;;/h2,13H,1,3-12,17H2,(H,18,19);;;;. The van der Waals surface area contributed by atoms with Gasteiger partial charge in [0.1, 0.15) is 6.04 Å². The number of aliphatic carboxylic acids is 1. The second-order valence-electron chi connectivity index (χ2n) is 5.28. The van der Waals surface area contributed by atoms with Crippen molar-refractivity contribution in [2.75, 3.05) is 0 Å². The second kappa shape index (κ2) is 20.9. The fourth-order valence-electron chi connectivity index (χ4n) is 1.90. The van der Waals surface area contributed by atoms with Crippen molar-refractivity contribution in [3.05, 3.63) is 12.7 Å². The molecule has 1 atom stereocenters. The maximum atomic E-state index is 11.4. The summed E-state index contributed by atoms with van der Waals surface area (Å²) in [5.41, 5.74) is 5.45. The molecule has 3 N–H and O–H groups in total. The van der Waals surface area contributed by atoms with Crippen molar-refractivity contribution in [1.82, 2.24) is 0 Å². The summed E-state index contributed by atoms with van der Waals surface area (Å²) >= 11 is 0. The number of allylic oxidation sites excluding steroid dienone is 1. The summed E-state index contributed by atoms with van der Waals surface area (Å²) in [4.78, 5) is 33.2. The number of esters is 2. The Hall–Kier alpha value is 1.58. The van der Waals surface area contributed by atoms with Gasteiger partial charge in [0.25, 0.3) is 0 Å². The second-order valence-corrected chi connectivity index (χ2v) is 5.28. The first-order chi connectivity index (χ1) is 10.5. The minimum atomic E-state index is -1.06. The van der Waals surface area contributed by atoms with E-state index < -0.39 is 23.9 Å². The van der Waals surface area contributed by atoms with Crippen LogP contribution in [0.3, 0.4) is 0 Å². The summed E-state index contributed by atoms with van der Waals surface area (Å²) in [7, 11) is 0. The quantitative estimate of drug-likeness (QED) is 0.160. The Morgan fingerprint density at radius 3 is 2.08 bits per heavy atom. The van der Waals surface area contributed by atoms with Crippen molar-refractivity contribution in [3.63, 3.8) is 0 Å². The first kappa shape index (κ1) is 30.3. The number of carbonyl (C=O) groups is 3. The molecule has 0 aliphatic heterocycles. The zero-order valence-electron chi connectivity index (χ0n) is 13.1. The molecule has 8 heteroatoms. The molecule has 0 aromatic rings. The minimum absolute atomic E-state index is 0. The predicted molar refractivity (Wildman–Crippen MR) is 97.4 cm³/mol. The summed E-state index contributed by atoms with van der Waals surface area (Å²) in [6, 6.07) is -1.06. The molecule has 0 aromatic carbocycles. The summed E-state index contributed by atoms with van der Waals surface area (Å²) in [5.74, 6) is -2.49. The zero-order valence-corrected chi connectivity index (χ0v) is 13.1. The van der Waals surface area contributed by atoms with E-state index in [1.165, 1.54) is 0 Å². The number of carboxylic acid groups (broad SMARTS) is 1. The van der Waals surface area contributed by atoms with Crippen molar-refractivity contribution in [1.29, 1.82) is 0 Å². The number of hydrogen-bond donors (Lipinski definition) is 2. The third-order valence-corrected chi connectivity index (χ3v) is 3.23. The molecule has 0 saturated carbocycles. The molecule has 130 valence electrons. The Kier molecular flexibility index (Phi) is 26.4. The van der Waals surface area contributed by atoms with Crippen LogP contribution in [-0.2, 0) is 19.1 Å². The van der Waals surface area contributed by atoms with E-state index in [1.807, 2.05) is 6.08 Å². The van der Waals surface area contributed by atoms with Gasteiger partial charge in [0.15, 0.2) is 0 Å². The Balaban J connectivity index is -0.00000220. The number of unbranched alkanes of at least 4 members (excludes halogenated alkanes) is 6. The molecule has 1 unspecified atom stereocenters. The van der Waals surface area contributed by atoms with Crippen LogP contribution in [0.15, 0.2) is 12.7 Å². The maximum absolute atomic E-state index is 11.4. The molecular formula is C16H29K2NO5. The Morgan fingerprint density at radius 2 is 1.54 bits per heavy atom. The van der Waals surface area contributed by atoms with Crippen LogP contribution in [-0.4, -0.2) is 132 Å². The van der Waals surface area contributed by atoms with E-state index in [0.717, 1.165) is 38.5 Å². The molecule has 0 rings (SSSR count). The SMILES string of the molecule is C=CCCCCCCCCC(=O)OC(=O)C(N)CCC(=O)O.[KH].[KH]. The fraction of sp³-hybridized carbons (Fsp3) is 0.688. The van der Waals surface area contributed by atoms with Crippen molar-refractivity contribution in [3.8, 4) is 0 Å². The van der Waals surface area contributed by atoms with E-state index in [4.69, 9.17) is 10.8 Å². The topological polar surface area (TPSA) is 107 Å². The molecule has 0 spiro atoms. The molecule has 0 fully saturated rings.